The van der Waals surface area contributed by atoms with E-state index in [9.17, 15) is 4.79 Å². The number of hydrogen-bond donors (Lipinski definition) is 2. The van der Waals surface area contributed by atoms with E-state index in [4.69, 9.17) is 0 Å². The van der Waals surface area contributed by atoms with Gasteiger partial charge in [-0.1, -0.05) is 40.5 Å². The fourth-order valence-corrected chi connectivity index (χ4v) is 2.93. The summed E-state index contributed by atoms with van der Waals surface area (Å²) in [6.07, 6.45) is 5.38. The highest BCUT2D eigenvalue weighted by molar-refractivity contribution is 5.84. The molecule has 1 amide bonds. The summed E-state index contributed by atoms with van der Waals surface area (Å²) in [6, 6.07) is 0. The number of hydrogen-bond acceptors (Lipinski definition) is 2. The Kier molecular flexibility index (Phi) is 7.86. The molecule has 0 atom stereocenters. The molecule has 0 spiro atoms. The smallest absolute Gasteiger partial charge is 0.243 e. The predicted molar refractivity (Wildman–Crippen MR) is 97.6 cm³/mol. The minimum atomic E-state index is 0.0192. The Morgan fingerprint density at radius 1 is 1.22 bits per heavy atom. The molecule has 0 radical (unpaired) electrons. The molecule has 0 aromatic carbocycles. The highest BCUT2D eigenvalue weighted by atomic mass is 16.2. The van der Waals surface area contributed by atoms with Gasteiger partial charge in [0.2, 0.25) is 5.91 Å². The largest absolute Gasteiger partial charge is 0.356 e. The van der Waals surface area contributed by atoms with Crippen LogP contribution in [0.1, 0.15) is 53.4 Å². The second-order valence-corrected chi connectivity index (χ2v) is 8.05. The fraction of sp³-hybridized carbons (Fsp3) is 0.889. The SMILES string of the molecule is CC(C)CNC(=NCC(=O)N(C)C)NCC(C)(C)C1CCCC1. The van der Waals surface area contributed by atoms with E-state index in [-0.39, 0.29) is 17.9 Å². The Morgan fingerprint density at radius 2 is 1.83 bits per heavy atom. The monoisotopic (exact) mass is 324 g/mol. The summed E-state index contributed by atoms with van der Waals surface area (Å²) >= 11 is 0. The molecule has 23 heavy (non-hydrogen) atoms. The summed E-state index contributed by atoms with van der Waals surface area (Å²) in [5, 5.41) is 6.80. The van der Waals surface area contributed by atoms with Gasteiger partial charge < -0.3 is 15.5 Å². The van der Waals surface area contributed by atoms with Gasteiger partial charge in [0.1, 0.15) is 6.54 Å². The second kappa shape index (κ2) is 9.14. The third-order valence-corrected chi connectivity index (χ3v) is 4.72. The van der Waals surface area contributed by atoms with E-state index in [1.807, 2.05) is 0 Å². The van der Waals surface area contributed by atoms with Crippen LogP contribution in [0.15, 0.2) is 4.99 Å². The van der Waals surface area contributed by atoms with E-state index in [0.29, 0.717) is 5.92 Å². The Labute approximate surface area is 142 Å². The second-order valence-electron chi connectivity index (χ2n) is 8.05. The number of rotatable bonds is 7. The molecule has 0 unspecified atom stereocenters. The number of aliphatic imine (C=N–C) groups is 1. The Hall–Kier alpha value is -1.26. The Balaban J connectivity index is 2.60. The first kappa shape index (κ1) is 19.8. The lowest BCUT2D eigenvalue weighted by molar-refractivity contribution is -0.127. The van der Waals surface area contributed by atoms with E-state index in [2.05, 4.69) is 43.3 Å². The molecule has 1 aliphatic rings. The molecule has 1 fully saturated rings. The quantitative estimate of drug-likeness (QED) is 0.559. The van der Waals surface area contributed by atoms with Gasteiger partial charge in [0.15, 0.2) is 5.96 Å². The van der Waals surface area contributed by atoms with Gasteiger partial charge in [-0.15, -0.1) is 0 Å². The Morgan fingerprint density at radius 3 is 2.35 bits per heavy atom. The average Bonchev–Trinajstić information content (AvgIpc) is 3.00. The standard InChI is InChI=1S/C18H36N4O/c1-14(2)11-19-17(20-12-16(23)22(5)6)21-13-18(3,4)15-9-7-8-10-15/h14-15H,7-13H2,1-6H3,(H2,19,20,21). The number of amides is 1. The summed E-state index contributed by atoms with van der Waals surface area (Å²) in [7, 11) is 3.52. The maximum absolute atomic E-state index is 11.8. The highest BCUT2D eigenvalue weighted by Crippen LogP contribution is 2.38. The van der Waals surface area contributed by atoms with E-state index in [1.165, 1.54) is 25.7 Å². The predicted octanol–water partition coefficient (Wildman–Crippen LogP) is 2.48. The molecule has 0 bridgehead atoms. The van der Waals surface area contributed by atoms with Gasteiger partial charge in [0, 0.05) is 27.2 Å². The molecular formula is C18H36N4O. The first-order valence-electron chi connectivity index (χ1n) is 8.94. The van der Waals surface area contributed by atoms with E-state index in [1.54, 1.807) is 19.0 Å². The summed E-state index contributed by atoms with van der Waals surface area (Å²) in [4.78, 5) is 17.8. The van der Waals surface area contributed by atoms with Crippen molar-refractivity contribution in [2.24, 2.45) is 22.2 Å². The molecule has 134 valence electrons. The van der Waals surface area contributed by atoms with Crippen LogP contribution in [-0.4, -0.2) is 50.5 Å². The van der Waals surface area contributed by atoms with Crippen LogP contribution in [0.5, 0.6) is 0 Å². The van der Waals surface area contributed by atoms with Crippen LogP contribution in [0.3, 0.4) is 0 Å². The van der Waals surface area contributed by atoms with Crippen LogP contribution in [0.2, 0.25) is 0 Å². The van der Waals surface area contributed by atoms with Gasteiger partial charge in [-0.2, -0.15) is 0 Å². The van der Waals surface area contributed by atoms with Crippen molar-refractivity contribution in [3.8, 4) is 0 Å². The number of nitrogens with one attached hydrogen (secondary N) is 2. The Bertz CT molecular complexity index is 396. The molecule has 0 heterocycles. The van der Waals surface area contributed by atoms with Crippen LogP contribution in [0.4, 0.5) is 0 Å². The van der Waals surface area contributed by atoms with E-state index < -0.39 is 0 Å². The van der Waals surface area contributed by atoms with Gasteiger partial charge in [-0.25, -0.2) is 4.99 Å². The number of nitrogens with zero attached hydrogens (tertiary/aromatic N) is 2. The molecule has 0 aromatic rings. The van der Waals surface area contributed by atoms with E-state index >= 15 is 0 Å². The van der Waals surface area contributed by atoms with E-state index in [0.717, 1.165) is 25.0 Å². The van der Waals surface area contributed by atoms with Crippen molar-refractivity contribution in [1.29, 1.82) is 0 Å². The zero-order valence-electron chi connectivity index (χ0n) is 15.9. The van der Waals surface area contributed by atoms with Crippen molar-refractivity contribution >= 4 is 11.9 Å². The fourth-order valence-electron chi connectivity index (χ4n) is 2.93. The van der Waals surface area contributed by atoms with Crippen LogP contribution < -0.4 is 10.6 Å². The lowest BCUT2D eigenvalue weighted by Gasteiger charge is -2.32. The third-order valence-electron chi connectivity index (χ3n) is 4.72. The van der Waals surface area contributed by atoms with Crippen molar-refractivity contribution in [3.63, 3.8) is 0 Å². The number of carbonyl (C=O) groups is 1. The van der Waals surface area contributed by atoms with Crippen molar-refractivity contribution in [1.82, 2.24) is 15.5 Å². The molecule has 0 aromatic heterocycles. The lowest BCUT2D eigenvalue weighted by atomic mass is 9.78. The first-order chi connectivity index (χ1) is 10.7. The average molecular weight is 325 g/mol. The highest BCUT2D eigenvalue weighted by Gasteiger charge is 2.31. The molecule has 5 heteroatoms. The maximum Gasteiger partial charge on any atom is 0.243 e. The van der Waals surface area contributed by atoms with Gasteiger partial charge in [0.05, 0.1) is 0 Å². The molecular weight excluding hydrogens is 288 g/mol. The van der Waals surface area contributed by atoms with Crippen LogP contribution in [0.25, 0.3) is 0 Å². The maximum atomic E-state index is 11.8. The number of carbonyl (C=O) groups excluding carboxylic acids is 1. The molecule has 0 saturated heterocycles. The van der Waals surface area contributed by atoms with Crippen molar-refractivity contribution in [2.45, 2.75) is 53.4 Å². The zero-order valence-corrected chi connectivity index (χ0v) is 15.9. The molecule has 5 nitrogen and oxygen atoms in total. The van der Waals surface area contributed by atoms with Gasteiger partial charge in [-0.3, -0.25) is 4.79 Å². The summed E-state index contributed by atoms with van der Waals surface area (Å²) in [5.41, 5.74) is 0.252. The molecule has 0 aliphatic heterocycles. The topological polar surface area (TPSA) is 56.7 Å². The van der Waals surface area contributed by atoms with Crippen molar-refractivity contribution in [3.05, 3.63) is 0 Å². The number of likely N-dealkylation sites (N-methyl/N-ethyl adjacent to an activating group) is 1. The third kappa shape index (κ3) is 7.23. The summed E-state index contributed by atoms with van der Waals surface area (Å²) < 4.78 is 0. The minimum Gasteiger partial charge on any atom is -0.356 e. The van der Waals surface area contributed by atoms with Crippen molar-refractivity contribution < 1.29 is 4.79 Å². The van der Waals surface area contributed by atoms with Gasteiger partial charge in [0.25, 0.3) is 0 Å². The van der Waals surface area contributed by atoms with Crippen molar-refractivity contribution in [2.75, 3.05) is 33.7 Å². The lowest BCUT2D eigenvalue weighted by Crippen LogP contribution is -2.45. The normalized spacial score (nSPS) is 16.7. The molecule has 1 rings (SSSR count). The minimum absolute atomic E-state index is 0.0192. The van der Waals surface area contributed by atoms with Crippen LogP contribution >= 0.6 is 0 Å². The van der Waals surface area contributed by atoms with Crippen LogP contribution in [-0.2, 0) is 4.79 Å². The van der Waals surface area contributed by atoms with Crippen LogP contribution in [0, 0.1) is 17.3 Å². The van der Waals surface area contributed by atoms with Gasteiger partial charge >= 0.3 is 0 Å². The van der Waals surface area contributed by atoms with Gasteiger partial charge in [-0.05, 0) is 30.1 Å². The summed E-state index contributed by atoms with van der Waals surface area (Å²) in [5.74, 6) is 2.09. The zero-order chi connectivity index (χ0) is 17.5. The number of guanidine groups is 1. The first-order valence-corrected chi connectivity index (χ1v) is 8.94. The molecule has 1 saturated carbocycles. The molecule has 1 aliphatic carbocycles. The molecule has 2 N–H and O–H groups in total. The summed E-state index contributed by atoms with van der Waals surface area (Å²) in [6.45, 7) is 10.9.